The second kappa shape index (κ2) is 5.62. The van der Waals surface area contributed by atoms with Crippen molar-refractivity contribution in [3.63, 3.8) is 0 Å². The number of carbonyl (C=O) groups excluding carboxylic acids is 1. The van der Waals surface area contributed by atoms with Crippen molar-refractivity contribution in [2.75, 3.05) is 0 Å². The topological polar surface area (TPSA) is 89.6 Å². The Morgan fingerprint density at radius 1 is 1.24 bits per heavy atom. The molecule has 3 N–H and O–H groups in total. The van der Waals surface area contributed by atoms with E-state index < -0.39 is 17.7 Å². The average Bonchev–Trinajstić information content (AvgIpc) is 2.40. The molecule has 0 saturated heterocycles. The lowest BCUT2D eigenvalue weighted by Crippen LogP contribution is -2.13. The molecule has 6 heteroatoms. The van der Waals surface area contributed by atoms with Gasteiger partial charge in [-0.3, -0.25) is 4.79 Å². The molecule has 0 heterocycles. The molecule has 5 nitrogen and oxygen atoms in total. The Morgan fingerprint density at radius 2 is 1.95 bits per heavy atom. The number of primary amides is 1. The highest BCUT2D eigenvalue weighted by Crippen LogP contribution is 2.30. The normalized spacial score (nSPS) is 10.2. The van der Waals surface area contributed by atoms with E-state index in [1.807, 2.05) is 0 Å². The Bertz CT molecular complexity index is 728. The Hall–Kier alpha value is -2.89. The van der Waals surface area contributed by atoms with Crippen molar-refractivity contribution in [3.05, 3.63) is 58.9 Å². The molecular formula is C15H12FNO4. The van der Waals surface area contributed by atoms with Gasteiger partial charge in [-0.15, -0.1) is 0 Å². The fourth-order valence-electron chi connectivity index (χ4n) is 1.86. The molecule has 0 spiro atoms. The summed E-state index contributed by atoms with van der Waals surface area (Å²) in [6, 6.07) is 7.87. The van der Waals surface area contributed by atoms with E-state index in [0.29, 0.717) is 5.56 Å². The third kappa shape index (κ3) is 3.17. The molecule has 0 aliphatic carbocycles. The molecule has 0 fully saturated rings. The second-order valence-corrected chi connectivity index (χ2v) is 4.40. The first kappa shape index (κ1) is 14.5. The van der Waals surface area contributed by atoms with Gasteiger partial charge in [0, 0.05) is 11.6 Å². The summed E-state index contributed by atoms with van der Waals surface area (Å²) in [7, 11) is 0. The van der Waals surface area contributed by atoms with Gasteiger partial charge in [0.1, 0.15) is 22.9 Å². The summed E-state index contributed by atoms with van der Waals surface area (Å²) in [5.74, 6) is -2.31. The quantitative estimate of drug-likeness (QED) is 0.905. The maximum absolute atomic E-state index is 13.1. The van der Waals surface area contributed by atoms with Crippen LogP contribution in [-0.2, 0) is 0 Å². The van der Waals surface area contributed by atoms with E-state index in [-0.39, 0.29) is 22.6 Å². The number of carbonyl (C=O) groups is 2. The minimum Gasteiger partial charge on any atom is -0.478 e. The van der Waals surface area contributed by atoms with Crippen LogP contribution in [0.5, 0.6) is 11.5 Å². The van der Waals surface area contributed by atoms with E-state index in [2.05, 4.69) is 0 Å². The van der Waals surface area contributed by atoms with Crippen LogP contribution >= 0.6 is 0 Å². The van der Waals surface area contributed by atoms with Crippen molar-refractivity contribution >= 4 is 11.9 Å². The van der Waals surface area contributed by atoms with Crippen molar-refractivity contribution in [2.45, 2.75) is 6.92 Å². The highest BCUT2D eigenvalue weighted by Gasteiger charge is 2.18. The smallest absolute Gasteiger partial charge is 0.339 e. The van der Waals surface area contributed by atoms with E-state index in [1.165, 1.54) is 24.3 Å². The number of nitrogens with two attached hydrogens (primary N) is 1. The van der Waals surface area contributed by atoms with Crippen LogP contribution in [0.25, 0.3) is 0 Å². The number of carboxylic acids is 1. The maximum atomic E-state index is 13.1. The van der Waals surface area contributed by atoms with Gasteiger partial charge in [0.25, 0.3) is 0 Å². The molecular weight excluding hydrogens is 277 g/mol. The van der Waals surface area contributed by atoms with Crippen LogP contribution in [0.2, 0.25) is 0 Å². The Labute approximate surface area is 119 Å². The summed E-state index contributed by atoms with van der Waals surface area (Å²) in [4.78, 5) is 22.5. The number of halogens is 1. The third-order valence-electron chi connectivity index (χ3n) is 2.81. The molecule has 0 unspecified atom stereocenters. The molecule has 2 aromatic rings. The number of ether oxygens (including phenoxy) is 1. The van der Waals surface area contributed by atoms with E-state index in [4.69, 9.17) is 10.5 Å². The second-order valence-electron chi connectivity index (χ2n) is 4.40. The Balaban J connectivity index is 2.52. The van der Waals surface area contributed by atoms with Gasteiger partial charge in [0.15, 0.2) is 0 Å². The Morgan fingerprint density at radius 3 is 2.52 bits per heavy atom. The first-order valence-electron chi connectivity index (χ1n) is 5.99. The number of rotatable bonds is 4. The maximum Gasteiger partial charge on any atom is 0.339 e. The van der Waals surface area contributed by atoms with Gasteiger partial charge in [0.05, 0.1) is 0 Å². The number of benzene rings is 2. The predicted octanol–water partition coefficient (Wildman–Crippen LogP) is 2.72. The predicted molar refractivity (Wildman–Crippen MR) is 73.1 cm³/mol. The summed E-state index contributed by atoms with van der Waals surface area (Å²) < 4.78 is 18.6. The first-order chi connectivity index (χ1) is 9.88. The molecule has 108 valence electrons. The monoisotopic (exact) mass is 289 g/mol. The summed E-state index contributed by atoms with van der Waals surface area (Å²) >= 11 is 0. The molecule has 0 aromatic heterocycles. The summed E-state index contributed by atoms with van der Waals surface area (Å²) in [6.45, 7) is 1.58. The van der Waals surface area contributed by atoms with Gasteiger partial charge in [0.2, 0.25) is 5.91 Å². The number of aromatic carboxylic acids is 1. The molecule has 0 atom stereocenters. The van der Waals surface area contributed by atoms with E-state index in [0.717, 1.165) is 12.1 Å². The van der Waals surface area contributed by atoms with Crippen molar-refractivity contribution in [1.29, 1.82) is 0 Å². The summed E-state index contributed by atoms with van der Waals surface area (Å²) in [6.07, 6.45) is 0. The van der Waals surface area contributed by atoms with Crippen LogP contribution in [0, 0.1) is 12.7 Å². The SMILES string of the molecule is Cc1cc(C(N)=O)cc(C(=O)O)c1Oc1cccc(F)c1. The molecule has 0 aliphatic heterocycles. The van der Waals surface area contributed by atoms with Crippen LogP contribution < -0.4 is 10.5 Å². The zero-order chi connectivity index (χ0) is 15.6. The lowest BCUT2D eigenvalue weighted by molar-refractivity contribution is 0.0694. The van der Waals surface area contributed by atoms with Gasteiger partial charge in [-0.05, 0) is 36.8 Å². The Kier molecular flexibility index (Phi) is 3.89. The molecule has 21 heavy (non-hydrogen) atoms. The van der Waals surface area contributed by atoms with Crippen molar-refractivity contribution in [3.8, 4) is 11.5 Å². The van der Waals surface area contributed by atoms with Crippen molar-refractivity contribution in [1.82, 2.24) is 0 Å². The lowest BCUT2D eigenvalue weighted by Gasteiger charge is -2.13. The van der Waals surface area contributed by atoms with Crippen LogP contribution in [0.3, 0.4) is 0 Å². The first-order valence-corrected chi connectivity index (χ1v) is 5.99. The molecule has 2 rings (SSSR count). The number of hydrogen-bond acceptors (Lipinski definition) is 3. The summed E-state index contributed by atoms with van der Waals surface area (Å²) in [5, 5.41) is 9.22. The molecule has 0 radical (unpaired) electrons. The largest absolute Gasteiger partial charge is 0.478 e. The van der Waals surface area contributed by atoms with E-state index in [1.54, 1.807) is 6.92 Å². The minimum atomic E-state index is -1.27. The highest BCUT2D eigenvalue weighted by molar-refractivity contribution is 5.98. The van der Waals surface area contributed by atoms with Crippen LogP contribution in [0.15, 0.2) is 36.4 Å². The molecule has 0 aliphatic rings. The third-order valence-corrected chi connectivity index (χ3v) is 2.81. The van der Waals surface area contributed by atoms with Gasteiger partial charge < -0.3 is 15.6 Å². The van der Waals surface area contributed by atoms with Crippen LogP contribution in [0.4, 0.5) is 4.39 Å². The summed E-state index contributed by atoms with van der Waals surface area (Å²) in [5.41, 5.74) is 5.41. The zero-order valence-corrected chi connectivity index (χ0v) is 11.1. The van der Waals surface area contributed by atoms with Gasteiger partial charge in [-0.2, -0.15) is 0 Å². The zero-order valence-electron chi connectivity index (χ0n) is 11.1. The van der Waals surface area contributed by atoms with E-state index in [9.17, 15) is 19.1 Å². The highest BCUT2D eigenvalue weighted by atomic mass is 19.1. The number of aryl methyl sites for hydroxylation is 1. The average molecular weight is 289 g/mol. The molecule has 0 bridgehead atoms. The number of amides is 1. The van der Waals surface area contributed by atoms with Gasteiger partial charge in [-0.25, -0.2) is 9.18 Å². The standard InChI is InChI=1S/C15H12FNO4/c1-8-5-9(14(17)18)6-12(15(19)20)13(8)21-11-4-2-3-10(16)7-11/h2-7H,1H3,(H2,17,18)(H,19,20). The van der Waals surface area contributed by atoms with Crippen LogP contribution in [0.1, 0.15) is 26.3 Å². The number of hydrogen-bond donors (Lipinski definition) is 2. The fraction of sp³-hybridized carbons (Fsp3) is 0.0667. The van der Waals surface area contributed by atoms with Gasteiger partial charge in [-0.1, -0.05) is 6.07 Å². The fourth-order valence-corrected chi connectivity index (χ4v) is 1.86. The van der Waals surface area contributed by atoms with Crippen molar-refractivity contribution < 1.29 is 23.8 Å². The number of carboxylic acid groups (broad SMARTS) is 1. The minimum absolute atomic E-state index is 0.0399. The van der Waals surface area contributed by atoms with Crippen LogP contribution in [-0.4, -0.2) is 17.0 Å². The van der Waals surface area contributed by atoms with E-state index >= 15 is 0 Å². The molecule has 1 amide bonds. The lowest BCUT2D eigenvalue weighted by atomic mass is 10.0. The molecule has 0 saturated carbocycles. The van der Waals surface area contributed by atoms with Gasteiger partial charge >= 0.3 is 5.97 Å². The van der Waals surface area contributed by atoms with Crippen molar-refractivity contribution in [2.24, 2.45) is 5.73 Å². The molecule has 2 aromatic carbocycles.